The van der Waals surface area contributed by atoms with Gasteiger partial charge in [0.1, 0.15) is 5.56 Å². The Morgan fingerprint density at radius 3 is 3.00 bits per heavy atom. The number of nitro groups is 1. The van der Waals surface area contributed by atoms with E-state index in [9.17, 15) is 14.9 Å². The number of pyridine rings is 1. The molecule has 0 aliphatic heterocycles. The Morgan fingerprint density at radius 2 is 2.39 bits per heavy atom. The minimum absolute atomic E-state index is 0.0996. The SMILES string of the molecule is COCCCNC(=O)c1ccnc(Cl)c1[N+](=O)[O-]. The summed E-state index contributed by atoms with van der Waals surface area (Å²) in [6, 6.07) is 1.26. The molecule has 0 unspecified atom stereocenters. The van der Waals surface area contributed by atoms with Gasteiger partial charge < -0.3 is 10.1 Å². The molecule has 0 aliphatic rings. The Kier molecular flexibility index (Phi) is 5.47. The first kappa shape index (κ1) is 14.3. The number of rotatable bonds is 6. The zero-order valence-corrected chi connectivity index (χ0v) is 10.4. The number of amides is 1. The second-order valence-electron chi connectivity index (χ2n) is 3.36. The highest BCUT2D eigenvalue weighted by Gasteiger charge is 2.24. The van der Waals surface area contributed by atoms with Crippen LogP contribution >= 0.6 is 11.6 Å². The number of nitrogens with one attached hydrogen (secondary N) is 1. The summed E-state index contributed by atoms with van der Waals surface area (Å²) in [4.78, 5) is 25.4. The third kappa shape index (κ3) is 3.64. The van der Waals surface area contributed by atoms with Gasteiger partial charge >= 0.3 is 5.69 Å². The smallest absolute Gasteiger partial charge is 0.319 e. The fraction of sp³-hybridized carbons (Fsp3) is 0.400. The summed E-state index contributed by atoms with van der Waals surface area (Å²) in [5.41, 5.74) is -0.583. The molecule has 98 valence electrons. The van der Waals surface area contributed by atoms with Gasteiger partial charge in [-0.15, -0.1) is 0 Å². The third-order valence-corrected chi connectivity index (χ3v) is 2.39. The summed E-state index contributed by atoms with van der Waals surface area (Å²) in [5, 5.41) is 13.0. The molecule has 0 spiro atoms. The van der Waals surface area contributed by atoms with Crippen LogP contribution in [0.4, 0.5) is 5.69 Å². The number of hydrogen-bond acceptors (Lipinski definition) is 5. The van der Waals surface area contributed by atoms with E-state index in [-0.39, 0.29) is 10.7 Å². The molecule has 0 atom stereocenters. The summed E-state index contributed by atoms with van der Waals surface area (Å²) in [6.45, 7) is 0.864. The van der Waals surface area contributed by atoms with Gasteiger partial charge in [-0.3, -0.25) is 14.9 Å². The number of aromatic nitrogens is 1. The topological polar surface area (TPSA) is 94.4 Å². The quantitative estimate of drug-likeness (QED) is 0.366. The van der Waals surface area contributed by atoms with E-state index in [0.717, 1.165) is 0 Å². The monoisotopic (exact) mass is 273 g/mol. The molecule has 8 heteroatoms. The minimum Gasteiger partial charge on any atom is -0.385 e. The summed E-state index contributed by atoms with van der Waals surface area (Å²) in [6.07, 6.45) is 1.87. The fourth-order valence-corrected chi connectivity index (χ4v) is 1.53. The van der Waals surface area contributed by atoms with Gasteiger partial charge in [0.2, 0.25) is 5.15 Å². The van der Waals surface area contributed by atoms with Gasteiger partial charge in [0, 0.05) is 26.5 Å². The molecule has 0 aliphatic carbocycles. The van der Waals surface area contributed by atoms with Crippen molar-refractivity contribution in [2.75, 3.05) is 20.3 Å². The maximum Gasteiger partial charge on any atom is 0.319 e. The number of methoxy groups -OCH3 is 1. The Balaban J connectivity index is 2.79. The van der Waals surface area contributed by atoms with Crippen molar-refractivity contribution in [2.45, 2.75) is 6.42 Å². The summed E-state index contributed by atoms with van der Waals surface area (Å²) < 4.78 is 4.82. The third-order valence-electron chi connectivity index (χ3n) is 2.12. The molecule has 1 aromatic heterocycles. The van der Waals surface area contributed by atoms with Crippen molar-refractivity contribution in [1.29, 1.82) is 0 Å². The minimum atomic E-state index is -0.723. The largest absolute Gasteiger partial charge is 0.385 e. The molecule has 18 heavy (non-hydrogen) atoms. The standard InChI is InChI=1S/C10H12ClN3O4/c1-18-6-2-4-13-10(15)7-3-5-12-9(11)8(7)14(16)17/h3,5H,2,4,6H2,1H3,(H,13,15). The highest BCUT2D eigenvalue weighted by Crippen LogP contribution is 2.25. The zero-order chi connectivity index (χ0) is 13.5. The molecular formula is C10H12ClN3O4. The first-order valence-corrected chi connectivity index (χ1v) is 5.51. The van der Waals surface area contributed by atoms with Crippen LogP contribution in [-0.4, -0.2) is 36.1 Å². The summed E-state index contributed by atoms with van der Waals surface area (Å²) in [5.74, 6) is -0.554. The summed E-state index contributed by atoms with van der Waals surface area (Å²) in [7, 11) is 1.55. The van der Waals surface area contributed by atoms with Gasteiger partial charge in [0.05, 0.1) is 4.92 Å². The summed E-state index contributed by atoms with van der Waals surface area (Å²) >= 11 is 5.60. The number of carbonyl (C=O) groups is 1. The van der Waals surface area contributed by atoms with Crippen molar-refractivity contribution in [1.82, 2.24) is 10.3 Å². The molecule has 7 nitrogen and oxygen atoms in total. The molecule has 1 amide bonds. The molecule has 0 saturated heterocycles. The maximum absolute atomic E-state index is 11.7. The highest BCUT2D eigenvalue weighted by atomic mass is 35.5. The number of hydrogen-bond donors (Lipinski definition) is 1. The van der Waals surface area contributed by atoms with E-state index >= 15 is 0 Å². The van der Waals surface area contributed by atoms with Crippen LogP contribution < -0.4 is 5.32 Å². The van der Waals surface area contributed by atoms with Crippen molar-refractivity contribution in [3.8, 4) is 0 Å². The van der Waals surface area contributed by atoms with Gasteiger partial charge in [0.25, 0.3) is 5.91 Å². The van der Waals surface area contributed by atoms with E-state index in [0.29, 0.717) is 19.6 Å². The second-order valence-corrected chi connectivity index (χ2v) is 3.72. The van der Waals surface area contributed by atoms with Crippen LogP contribution in [0.15, 0.2) is 12.3 Å². The average Bonchev–Trinajstić information content (AvgIpc) is 2.33. The van der Waals surface area contributed by atoms with E-state index in [1.165, 1.54) is 12.3 Å². The lowest BCUT2D eigenvalue weighted by molar-refractivity contribution is -0.385. The highest BCUT2D eigenvalue weighted by molar-refractivity contribution is 6.32. The van der Waals surface area contributed by atoms with Crippen LogP contribution in [0.3, 0.4) is 0 Å². The molecule has 1 aromatic rings. The average molecular weight is 274 g/mol. The van der Waals surface area contributed by atoms with E-state index < -0.39 is 16.5 Å². The van der Waals surface area contributed by atoms with Crippen molar-refractivity contribution in [3.05, 3.63) is 33.1 Å². The Bertz CT molecular complexity index is 453. The van der Waals surface area contributed by atoms with Crippen molar-refractivity contribution >= 4 is 23.2 Å². The number of ether oxygens (including phenoxy) is 1. The van der Waals surface area contributed by atoms with Gasteiger partial charge in [-0.25, -0.2) is 4.98 Å². The molecule has 0 radical (unpaired) electrons. The van der Waals surface area contributed by atoms with Crippen LogP contribution in [-0.2, 0) is 4.74 Å². The molecule has 1 heterocycles. The van der Waals surface area contributed by atoms with Gasteiger partial charge in [-0.2, -0.15) is 0 Å². The molecule has 0 fully saturated rings. The van der Waals surface area contributed by atoms with Crippen molar-refractivity contribution < 1.29 is 14.5 Å². The molecule has 0 saturated carbocycles. The Labute approximate surface area is 108 Å². The molecule has 1 rings (SSSR count). The predicted molar refractivity (Wildman–Crippen MR) is 64.7 cm³/mol. The maximum atomic E-state index is 11.7. The fourth-order valence-electron chi connectivity index (χ4n) is 1.30. The normalized spacial score (nSPS) is 10.1. The van der Waals surface area contributed by atoms with Gasteiger partial charge in [-0.05, 0) is 12.5 Å². The van der Waals surface area contributed by atoms with Crippen LogP contribution in [0.1, 0.15) is 16.8 Å². The van der Waals surface area contributed by atoms with Gasteiger partial charge in [-0.1, -0.05) is 11.6 Å². The number of halogens is 1. The molecule has 0 aromatic carbocycles. The first-order valence-electron chi connectivity index (χ1n) is 5.14. The lowest BCUT2D eigenvalue weighted by Crippen LogP contribution is -2.26. The van der Waals surface area contributed by atoms with E-state index in [4.69, 9.17) is 16.3 Å². The number of nitrogens with zero attached hydrogens (tertiary/aromatic N) is 2. The Hall–Kier alpha value is -1.73. The van der Waals surface area contributed by atoms with Crippen LogP contribution in [0.25, 0.3) is 0 Å². The van der Waals surface area contributed by atoms with Crippen molar-refractivity contribution in [2.24, 2.45) is 0 Å². The van der Waals surface area contributed by atoms with Crippen LogP contribution in [0.2, 0.25) is 5.15 Å². The van der Waals surface area contributed by atoms with E-state index in [1.54, 1.807) is 7.11 Å². The molecular weight excluding hydrogens is 262 g/mol. The number of carbonyl (C=O) groups excluding carboxylic acids is 1. The van der Waals surface area contributed by atoms with Crippen LogP contribution in [0.5, 0.6) is 0 Å². The van der Waals surface area contributed by atoms with Crippen molar-refractivity contribution in [3.63, 3.8) is 0 Å². The predicted octanol–water partition coefficient (Wildman–Crippen LogP) is 1.41. The second kappa shape index (κ2) is 6.87. The lowest BCUT2D eigenvalue weighted by atomic mass is 10.2. The Morgan fingerprint density at radius 1 is 1.67 bits per heavy atom. The zero-order valence-electron chi connectivity index (χ0n) is 9.68. The molecule has 0 bridgehead atoms. The van der Waals surface area contributed by atoms with Gasteiger partial charge in [0.15, 0.2) is 0 Å². The first-order chi connectivity index (χ1) is 8.57. The van der Waals surface area contributed by atoms with Crippen LogP contribution in [0, 0.1) is 10.1 Å². The lowest BCUT2D eigenvalue weighted by Gasteiger charge is -2.05. The van der Waals surface area contributed by atoms with E-state index in [1.807, 2.05) is 0 Å². The molecule has 1 N–H and O–H groups in total. The van der Waals surface area contributed by atoms with E-state index in [2.05, 4.69) is 10.3 Å².